The lowest BCUT2D eigenvalue weighted by atomic mass is 10.0. The third-order valence-corrected chi connectivity index (χ3v) is 11.1. The molecule has 0 aliphatic carbocycles. The normalized spacial score (nSPS) is 13.2. The van der Waals surface area contributed by atoms with Crippen LogP contribution in [0.1, 0.15) is 258 Å². The van der Waals surface area contributed by atoms with Crippen molar-refractivity contribution in [3.05, 3.63) is 36.5 Å². The number of carbonyl (C=O) groups is 1. The van der Waals surface area contributed by atoms with Gasteiger partial charge in [0.15, 0.2) is 0 Å². The highest BCUT2D eigenvalue weighted by Gasteiger charge is 2.17. The summed E-state index contributed by atoms with van der Waals surface area (Å²) in [6.07, 6.45) is 61.3. The van der Waals surface area contributed by atoms with Crippen LogP contribution in [0.25, 0.3) is 0 Å². The summed E-state index contributed by atoms with van der Waals surface area (Å²) in [7, 11) is 0. The molecule has 1 amide bonds. The van der Waals surface area contributed by atoms with Gasteiger partial charge in [0.05, 0.1) is 18.8 Å². The van der Waals surface area contributed by atoms with Crippen LogP contribution in [0.3, 0.4) is 0 Å². The van der Waals surface area contributed by atoms with Crippen molar-refractivity contribution in [1.29, 1.82) is 0 Å². The number of hydrogen-bond acceptors (Lipinski definition) is 3. The fourth-order valence-corrected chi connectivity index (χ4v) is 7.37. The van der Waals surface area contributed by atoms with E-state index in [9.17, 15) is 15.0 Å². The second kappa shape index (κ2) is 46.0. The van der Waals surface area contributed by atoms with Gasteiger partial charge in [0.25, 0.3) is 0 Å². The van der Waals surface area contributed by atoms with Crippen molar-refractivity contribution in [3.63, 3.8) is 0 Å². The summed E-state index contributed by atoms with van der Waals surface area (Å²) in [4.78, 5) is 12.4. The van der Waals surface area contributed by atoms with E-state index < -0.39 is 12.1 Å². The van der Waals surface area contributed by atoms with Crippen molar-refractivity contribution in [2.24, 2.45) is 0 Å². The van der Waals surface area contributed by atoms with Crippen molar-refractivity contribution in [3.8, 4) is 0 Å². The minimum atomic E-state index is -0.863. The fraction of sp³-hybridized carbons (Fsp3) is 0.860. The van der Waals surface area contributed by atoms with E-state index in [0.29, 0.717) is 6.42 Å². The molecular formula is C50H95NO3. The van der Waals surface area contributed by atoms with Crippen LogP contribution in [-0.2, 0) is 4.79 Å². The summed E-state index contributed by atoms with van der Waals surface area (Å²) < 4.78 is 0. The Labute approximate surface area is 338 Å². The maximum absolute atomic E-state index is 12.4. The number of nitrogens with one attached hydrogen (secondary N) is 1. The highest BCUT2D eigenvalue weighted by Crippen LogP contribution is 2.15. The highest BCUT2D eigenvalue weighted by molar-refractivity contribution is 5.76. The molecule has 0 fully saturated rings. The molecule has 0 rings (SSSR count). The second-order valence-corrected chi connectivity index (χ2v) is 16.5. The molecule has 0 saturated carbocycles. The van der Waals surface area contributed by atoms with E-state index in [2.05, 4.69) is 43.5 Å². The zero-order valence-corrected chi connectivity index (χ0v) is 36.5. The third kappa shape index (κ3) is 41.8. The van der Waals surface area contributed by atoms with E-state index in [1.54, 1.807) is 6.08 Å². The van der Waals surface area contributed by atoms with Crippen LogP contribution in [-0.4, -0.2) is 34.9 Å². The number of aliphatic hydroxyl groups is 2. The van der Waals surface area contributed by atoms with Gasteiger partial charge in [0.2, 0.25) is 5.91 Å². The molecule has 0 radical (unpaired) electrons. The van der Waals surface area contributed by atoms with Gasteiger partial charge in [0, 0.05) is 6.42 Å². The Balaban J connectivity index is 3.58. The molecular weight excluding hydrogens is 663 g/mol. The molecule has 0 aliphatic rings. The lowest BCUT2D eigenvalue weighted by Crippen LogP contribution is -2.45. The van der Waals surface area contributed by atoms with E-state index in [4.69, 9.17) is 0 Å². The van der Waals surface area contributed by atoms with Gasteiger partial charge in [-0.3, -0.25) is 4.79 Å². The molecule has 0 aromatic carbocycles. The van der Waals surface area contributed by atoms with E-state index in [1.807, 2.05) is 6.08 Å². The molecule has 0 aliphatic heterocycles. The van der Waals surface area contributed by atoms with Gasteiger partial charge in [-0.1, -0.05) is 230 Å². The molecule has 2 atom stereocenters. The first-order valence-electron chi connectivity index (χ1n) is 24.2. The zero-order chi connectivity index (χ0) is 39.3. The zero-order valence-electron chi connectivity index (χ0n) is 36.5. The van der Waals surface area contributed by atoms with E-state index in [1.165, 1.54) is 205 Å². The standard InChI is InChI=1S/C50H95NO3/c1-3-5-7-9-11-13-15-17-19-21-23-25-26-27-29-31-33-35-37-39-41-43-45-49(53)48(47-52)51-50(54)46-44-42-40-38-36-34-32-30-28-24-22-20-18-16-14-12-10-8-6-4-2/h24,28,35,37,43,45,48-49,52-53H,3-23,25-27,29-34,36,38-42,44,46-47H2,1-2H3,(H,51,54)/b28-24-,37-35+,45-43+. The van der Waals surface area contributed by atoms with Crippen LogP contribution in [0.15, 0.2) is 36.5 Å². The van der Waals surface area contributed by atoms with Gasteiger partial charge in [0.1, 0.15) is 0 Å². The van der Waals surface area contributed by atoms with Crippen molar-refractivity contribution < 1.29 is 15.0 Å². The molecule has 0 heterocycles. The number of allylic oxidation sites excluding steroid dienone is 5. The summed E-state index contributed by atoms with van der Waals surface area (Å²) >= 11 is 0. The lowest BCUT2D eigenvalue weighted by molar-refractivity contribution is -0.123. The van der Waals surface area contributed by atoms with Gasteiger partial charge in [-0.15, -0.1) is 0 Å². The molecule has 4 heteroatoms. The van der Waals surface area contributed by atoms with Crippen LogP contribution in [0.2, 0.25) is 0 Å². The molecule has 54 heavy (non-hydrogen) atoms. The Hall–Kier alpha value is -1.39. The Morgan fingerprint density at radius 3 is 1.07 bits per heavy atom. The van der Waals surface area contributed by atoms with Crippen LogP contribution >= 0.6 is 0 Å². The number of hydrogen-bond donors (Lipinski definition) is 3. The van der Waals surface area contributed by atoms with E-state index >= 15 is 0 Å². The van der Waals surface area contributed by atoms with Gasteiger partial charge < -0.3 is 15.5 Å². The van der Waals surface area contributed by atoms with Crippen molar-refractivity contribution in [2.45, 2.75) is 270 Å². The molecule has 3 N–H and O–H groups in total. The lowest BCUT2D eigenvalue weighted by Gasteiger charge is -2.19. The largest absolute Gasteiger partial charge is 0.394 e. The van der Waals surface area contributed by atoms with Gasteiger partial charge >= 0.3 is 0 Å². The van der Waals surface area contributed by atoms with Crippen molar-refractivity contribution >= 4 is 5.91 Å². The number of amides is 1. The van der Waals surface area contributed by atoms with Crippen LogP contribution in [0.4, 0.5) is 0 Å². The van der Waals surface area contributed by atoms with Gasteiger partial charge in [-0.05, 0) is 57.8 Å². The highest BCUT2D eigenvalue weighted by atomic mass is 16.3. The van der Waals surface area contributed by atoms with Crippen LogP contribution in [0, 0.1) is 0 Å². The number of rotatable bonds is 44. The Morgan fingerprint density at radius 2 is 0.722 bits per heavy atom. The van der Waals surface area contributed by atoms with Crippen LogP contribution < -0.4 is 5.32 Å². The quantitative estimate of drug-likeness (QED) is 0.0428. The summed E-state index contributed by atoms with van der Waals surface area (Å²) in [5, 5.41) is 23.1. The van der Waals surface area contributed by atoms with E-state index in [0.717, 1.165) is 32.1 Å². The molecule has 0 bridgehead atoms. The van der Waals surface area contributed by atoms with E-state index in [-0.39, 0.29) is 12.5 Å². The SMILES string of the molecule is CCCCCCCCCCC/C=C\CCCCCCCCCC(=O)NC(CO)C(O)/C=C/CC/C=C/CCCCCCCCCCCCCCCCCC. The third-order valence-electron chi connectivity index (χ3n) is 11.1. The first kappa shape index (κ1) is 52.6. The second-order valence-electron chi connectivity index (χ2n) is 16.5. The summed E-state index contributed by atoms with van der Waals surface area (Å²) in [5.41, 5.74) is 0. The maximum atomic E-state index is 12.4. The topological polar surface area (TPSA) is 69.6 Å². The van der Waals surface area contributed by atoms with Crippen molar-refractivity contribution in [2.75, 3.05) is 6.61 Å². The minimum absolute atomic E-state index is 0.0762. The minimum Gasteiger partial charge on any atom is -0.394 e. The van der Waals surface area contributed by atoms with Gasteiger partial charge in [-0.25, -0.2) is 0 Å². The Morgan fingerprint density at radius 1 is 0.426 bits per heavy atom. The fourth-order valence-electron chi connectivity index (χ4n) is 7.37. The number of aliphatic hydroxyl groups excluding tert-OH is 2. The Bertz CT molecular complexity index is 821. The Kier molecular flexibility index (Phi) is 44.8. The molecule has 0 aromatic rings. The summed E-state index contributed by atoms with van der Waals surface area (Å²) in [5.74, 6) is -0.0762. The summed E-state index contributed by atoms with van der Waals surface area (Å²) in [6.45, 7) is 4.31. The molecule has 4 nitrogen and oxygen atoms in total. The summed E-state index contributed by atoms with van der Waals surface area (Å²) in [6, 6.07) is -0.640. The average molecular weight is 758 g/mol. The molecule has 0 aromatic heterocycles. The number of carbonyl (C=O) groups excluding carboxylic acids is 1. The predicted molar refractivity (Wildman–Crippen MR) is 239 cm³/mol. The molecule has 0 spiro atoms. The average Bonchev–Trinajstić information content (AvgIpc) is 3.18. The first-order valence-corrected chi connectivity index (χ1v) is 24.2. The molecule has 318 valence electrons. The predicted octanol–water partition coefficient (Wildman–Crippen LogP) is 15.4. The monoisotopic (exact) mass is 758 g/mol. The molecule has 0 saturated heterocycles. The maximum Gasteiger partial charge on any atom is 0.220 e. The smallest absolute Gasteiger partial charge is 0.220 e. The first-order chi connectivity index (χ1) is 26.7. The van der Waals surface area contributed by atoms with Crippen LogP contribution in [0.5, 0.6) is 0 Å². The van der Waals surface area contributed by atoms with Gasteiger partial charge in [-0.2, -0.15) is 0 Å². The van der Waals surface area contributed by atoms with Crippen molar-refractivity contribution in [1.82, 2.24) is 5.32 Å². The number of unbranched alkanes of at least 4 members (excludes halogenated alkanes) is 33. The molecule has 2 unspecified atom stereocenters.